The van der Waals surface area contributed by atoms with Gasteiger partial charge in [0, 0.05) is 12.2 Å². The summed E-state index contributed by atoms with van der Waals surface area (Å²) in [6.07, 6.45) is 0. The van der Waals surface area contributed by atoms with Gasteiger partial charge in [-0.3, -0.25) is 4.79 Å². The molecule has 0 atom stereocenters. The smallest absolute Gasteiger partial charge is 0.262 e. The van der Waals surface area contributed by atoms with Gasteiger partial charge in [-0.15, -0.1) is 0 Å². The Bertz CT molecular complexity index is 623. The van der Waals surface area contributed by atoms with Crippen molar-refractivity contribution in [3.63, 3.8) is 0 Å². The van der Waals surface area contributed by atoms with Crippen molar-refractivity contribution in [1.82, 2.24) is 0 Å². The Morgan fingerprint density at radius 2 is 1.85 bits per heavy atom. The van der Waals surface area contributed by atoms with Gasteiger partial charge in [0.2, 0.25) is 0 Å². The molecule has 0 saturated heterocycles. The highest BCUT2D eigenvalue weighted by molar-refractivity contribution is 6.08. The molecule has 0 saturated carbocycles. The van der Waals surface area contributed by atoms with Gasteiger partial charge in [-0.05, 0) is 49.7 Å². The monoisotopic (exact) mass is 273 g/mol. The van der Waals surface area contributed by atoms with Crippen molar-refractivity contribution in [2.45, 2.75) is 13.8 Å². The molecule has 2 rings (SSSR count). The Kier molecular flexibility index (Phi) is 4.03. The van der Waals surface area contributed by atoms with Gasteiger partial charge in [0.1, 0.15) is 11.6 Å². The Morgan fingerprint density at radius 1 is 1.20 bits per heavy atom. The van der Waals surface area contributed by atoms with Crippen molar-refractivity contribution < 1.29 is 14.3 Å². The fraction of sp³-hybridized carbons (Fsp3) is 0.188. The molecule has 20 heavy (non-hydrogen) atoms. The molecule has 0 radical (unpaired) electrons. The zero-order valence-electron chi connectivity index (χ0n) is 11.4. The van der Waals surface area contributed by atoms with Gasteiger partial charge in [0.15, 0.2) is 0 Å². The molecule has 1 amide bonds. The predicted molar refractivity (Wildman–Crippen MR) is 76.6 cm³/mol. The first-order chi connectivity index (χ1) is 9.54. The maximum atomic E-state index is 13.0. The van der Waals surface area contributed by atoms with Crippen LogP contribution in [-0.4, -0.2) is 17.6 Å². The zero-order valence-corrected chi connectivity index (χ0v) is 11.4. The molecule has 2 aromatic rings. The molecule has 0 aliphatic heterocycles. The summed E-state index contributed by atoms with van der Waals surface area (Å²) in [6, 6.07) is 10.7. The second-order valence-corrected chi connectivity index (χ2v) is 4.50. The van der Waals surface area contributed by atoms with E-state index in [-0.39, 0.29) is 23.0 Å². The number of para-hydroxylation sites is 1. The van der Waals surface area contributed by atoms with Crippen LogP contribution in [0.25, 0.3) is 0 Å². The van der Waals surface area contributed by atoms with Crippen LogP contribution in [0.5, 0.6) is 5.75 Å². The van der Waals surface area contributed by atoms with Crippen LogP contribution in [0, 0.1) is 12.7 Å². The quantitative estimate of drug-likeness (QED) is 0.929. The standard InChI is InChI=1S/C16H16FNO2/c1-3-18(13-9-7-12(17)8-10-13)16(20)14-6-4-5-11(2)15(14)19/h4-10,19H,3H2,1-2H3. The van der Waals surface area contributed by atoms with Gasteiger partial charge in [-0.25, -0.2) is 4.39 Å². The molecule has 0 aromatic heterocycles. The van der Waals surface area contributed by atoms with Crippen LogP contribution in [0.3, 0.4) is 0 Å². The summed E-state index contributed by atoms with van der Waals surface area (Å²) in [5, 5.41) is 10.00. The fourth-order valence-electron chi connectivity index (χ4n) is 2.04. The second-order valence-electron chi connectivity index (χ2n) is 4.50. The fourth-order valence-corrected chi connectivity index (χ4v) is 2.04. The Labute approximate surface area is 117 Å². The first-order valence-electron chi connectivity index (χ1n) is 6.40. The molecular formula is C16H16FNO2. The molecule has 0 fully saturated rings. The van der Waals surface area contributed by atoms with Crippen LogP contribution >= 0.6 is 0 Å². The summed E-state index contributed by atoms with van der Waals surface area (Å²) in [4.78, 5) is 14.0. The number of anilines is 1. The van der Waals surface area contributed by atoms with Crippen LogP contribution in [-0.2, 0) is 0 Å². The first kappa shape index (κ1) is 14.1. The van der Waals surface area contributed by atoms with E-state index in [1.807, 2.05) is 6.92 Å². The molecule has 0 unspecified atom stereocenters. The van der Waals surface area contributed by atoms with E-state index >= 15 is 0 Å². The van der Waals surface area contributed by atoms with Crippen LogP contribution in [0.1, 0.15) is 22.8 Å². The van der Waals surface area contributed by atoms with Crippen LogP contribution in [0.2, 0.25) is 0 Å². The highest BCUT2D eigenvalue weighted by Gasteiger charge is 2.19. The third-order valence-corrected chi connectivity index (χ3v) is 3.17. The summed E-state index contributed by atoms with van der Waals surface area (Å²) in [6.45, 7) is 3.99. The molecule has 0 heterocycles. The lowest BCUT2D eigenvalue weighted by molar-refractivity contribution is 0.0985. The molecule has 0 spiro atoms. The Hall–Kier alpha value is -2.36. The number of carbonyl (C=O) groups is 1. The van der Waals surface area contributed by atoms with Gasteiger partial charge < -0.3 is 10.0 Å². The second kappa shape index (κ2) is 5.74. The highest BCUT2D eigenvalue weighted by Crippen LogP contribution is 2.25. The molecule has 0 aliphatic rings. The summed E-state index contributed by atoms with van der Waals surface area (Å²) >= 11 is 0. The van der Waals surface area contributed by atoms with E-state index in [2.05, 4.69) is 0 Å². The number of amides is 1. The van der Waals surface area contributed by atoms with Gasteiger partial charge in [0.05, 0.1) is 5.56 Å². The van der Waals surface area contributed by atoms with Gasteiger partial charge in [-0.2, -0.15) is 0 Å². The van der Waals surface area contributed by atoms with Crippen LogP contribution < -0.4 is 4.90 Å². The van der Waals surface area contributed by atoms with E-state index < -0.39 is 0 Å². The number of benzene rings is 2. The van der Waals surface area contributed by atoms with Crippen molar-refractivity contribution in [3.05, 3.63) is 59.4 Å². The van der Waals surface area contributed by atoms with E-state index in [1.54, 1.807) is 37.3 Å². The van der Waals surface area contributed by atoms with Gasteiger partial charge in [-0.1, -0.05) is 12.1 Å². The maximum Gasteiger partial charge on any atom is 0.262 e. The molecular weight excluding hydrogens is 257 g/mol. The van der Waals surface area contributed by atoms with Crippen molar-refractivity contribution in [2.75, 3.05) is 11.4 Å². The summed E-state index contributed by atoms with van der Waals surface area (Å²) in [7, 11) is 0. The topological polar surface area (TPSA) is 40.5 Å². The highest BCUT2D eigenvalue weighted by atomic mass is 19.1. The lowest BCUT2D eigenvalue weighted by Crippen LogP contribution is -2.30. The van der Waals surface area contributed by atoms with Crippen LogP contribution in [0.4, 0.5) is 10.1 Å². The lowest BCUT2D eigenvalue weighted by Gasteiger charge is -2.21. The molecule has 3 nitrogen and oxygen atoms in total. The van der Waals surface area contributed by atoms with Crippen molar-refractivity contribution in [3.8, 4) is 5.75 Å². The SMILES string of the molecule is CCN(C(=O)c1cccc(C)c1O)c1ccc(F)cc1. The van der Waals surface area contributed by atoms with E-state index in [0.717, 1.165) is 0 Å². The van der Waals surface area contributed by atoms with Crippen molar-refractivity contribution >= 4 is 11.6 Å². The molecule has 0 aliphatic carbocycles. The number of carbonyl (C=O) groups excluding carboxylic acids is 1. The molecule has 0 bridgehead atoms. The predicted octanol–water partition coefficient (Wildman–Crippen LogP) is 3.51. The summed E-state index contributed by atoms with van der Waals surface area (Å²) in [5.74, 6) is -0.672. The molecule has 1 N–H and O–H groups in total. The molecule has 104 valence electrons. The number of phenols is 1. The number of phenolic OH excluding ortho intramolecular Hbond substituents is 1. The van der Waals surface area contributed by atoms with Gasteiger partial charge in [0.25, 0.3) is 5.91 Å². The Morgan fingerprint density at radius 3 is 2.45 bits per heavy atom. The largest absolute Gasteiger partial charge is 0.507 e. The van der Waals surface area contributed by atoms with E-state index in [0.29, 0.717) is 17.8 Å². The minimum atomic E-state index is -0.351. The number of rotatable bonds is 3. The first-order valence-corrected chi connectivity index (χ1v) is 6.40. The number of hydrogen-bond donors (Lipinski definition) is 1. The average Bonchev–Trinajstić information content (AvgIpc) is 2.44. The van der Waals surface area contributed by atoms with E-state index in [1.165, 1.54) is 17.0 Å². The molecule has 4 heteroatoms. The third kappa shape index (κ3) is 2.64. The van der Waals surface area contributed by atoms with Crippen molar-refractivity contribution in [2.24, 2.45) is 0 Å². The summed E-state index contributed by atoms with van der Waals surface area (Å²) in [5.41, 5.74) is 1.49. The van der Waals surface area contributed by atoms with Gasteiger partial charge >= 0.3 is 0 Å². The third-order valence-electron chi connectivity index (χ3n) is 3.17. The summed E-state index contributed by atoms with van der Waals surface area (Å²) < 4.78 is 13.0. The average molecular weight is 273 g/mol. The number of aryl methyl sites for hydroxylation is 1. The Balaban J connectivity index is 2.39. The zero-order chi connectivity index (χ0) is 14.7. The number of halogens is 1. The van der Waals surface area contributed by atoms with Crippen LogP contribution in [0.15, 0.2) is 42.5 Å². The van der Waals surface area contributed by atoms with Crippen molar-refractivity contribution in [1.29, 1.82) is 0 Å². The maximum absolute atomic E-state index is 13.0. The number of nitrogens with zero attached hydrogens (tertiary/aromatic N) is 1. The minimum Gasteiger partial charge on any atom is -0.507 e. The minimum absolute atomic E-state index is 0.0157. The number of hydrogen-bond acceptors (Lipinski definition) is 2. The van der Waals surface area contributed by atoms with E-state index in [9.17, 15) is 14.3 Å². The normalized spacial score (nSPS) is 10.3. The van der Waals surface area contributed by atoms with E-state index in [4.69, 9.17) is 0 Å². The lowest BCUT2D eigenvalue weighted by atomic mass is 10.1. The molecule has 2 aromatic carbocycles. The number of aromatic hydroxyl groups is 1.